The van der Waals surface area contributed by atoms with Crippen molar-refractivity contribution in [3.63, 3.8) is 0 Å². The number of pyridine rings is 1. The first-order valence-electron chi connectivity index (χ1n) is 12.4. The molecule has 0 bridgehead atoms. The molecule has 1 unspecified atom stereocenters. The van der Waals surface area contributed by atoms with Gasteiger partial charge in [-0.15, -0.1) is 4.72 Å². The normalized spacial score (nSPS) is 13.2. The van der Waals surface area contributed by atoms with E-state index in [2.05, 4.69) is 9.44 Å². The molecule has 0 aliphatic carbocycles. The number of aromatic nitrogens is 1. The Kier molecular flexibility index (Phi) is 10.7. The number of carbonyl (C=O) groups is 1. The van der Waals surface area contributed by atoms with E-state index in [1.165, 1.54) is 29.7 Å². The van der Waals surface area contributed by atoms with Crippen molar-refractivity contribution in [2.75, 3.05) is 16.2 Å². The molecule has 3 rings (SSSR count). The molecular formula is C27H31Cl2N3O5S2. The predicted octanol–water partition coefficient (Wildman–Crippen LogP) is 5.47. The third-order valence-corrected chi connectivity index (χ3v) is 9.24. The van der Waals surface area contributed by atoms with Gasteiger partial charge in [-0.1, -0.05) is 36.5 Å². The van der Waals surface area contributed by atoms with Gasteiger partial charge in [0.15, 0.2) is 5.78 Å². The lowest BCUT2D eigenvalue weighted by molar-refractivity contribution is 0.103. The molecule has 2 aromatic carbocycles. The molecule has 0 fully saturated rings. The lowest BCUT2D eigenvalue weighted by Crippen LogP contribution is -2.31. The number of aryl methyl sites for hydroxylation is 1. The molecule has 0 saturated heterocycles. The summed E-state index contributed by atoms with van der Waals surface area (Å²) in [6, 6.07) is 10.1. The zero-order chi connectivity index (χ0) is 28.9. The van der Waals surface area contributed by atoms with Crippen LogP contribution in [-0.4, -0.2) is 34.8 Å². The Balaban J connectivity index is 2.26. The molecule has 1 aromatic heterocycles. The van der Waals surface area contributed by atoms with Gasteiger partial charge in [0.05, 0.1) is 22.5 Å². The number of unbranched alkanes of at least 4 members (excludes halogenated alkanes) is 1. The molecule has 0 radical (unpaired) electrons. The van der Waals surface area contributed by atoms with Gasteiger partial charge in [-0.25, -0.2) is 8.42 Å². The number of hydrogen-bond donors (Lipinski definition) is 2. The molecule has 210 valence electrons. The maximum atomic E-state index is 13.7. The summed E-state index contributed by atoms with van der Waals surface area (Å²) in [5.41, 5.74) is 1.67. The third-order valence-electron chi connectivity index (χ3n) is 6.11. The molecule has 12 heteroatoms. The summed E-state index contributed by atoms with van der Waals surface area (Å²) in [6.07, 6.45) is 3.23. The van der Waals surface area contributed by atoms with Crippen molar-refractivity contribution >= 4 is 56.1 Å². The summed E-state index contributed by atoms with van der Waals surface area (Å²) in [5.74, 6) is -0.106. The Morgan fingerprint density at radius 1 is 1.10 bits per heavy atom. The number of carbonyl (C=O) groups excluding carboxylic acids is 1. The fourth-order valence-corrected chi connectivity index (χ4v) is 6.11. The molecule has 1 heterocycles. The monoisotopic (exact) mass is 611 g/mol. The third kappa shape index (κ3) is 7.87. The van der Waals surface area contributed by atoms with Crippen LogP contribution in [0.3, 0.4) is 0 Å². The molecule has 0 saturated carbocycles. The quantitative estimate of drug-likeness (QED) is 0.207. The van der Waals surface area contributed by atoms with Crippen molar-refractivity contribution in [3.05, 3.63) is 85.8 Å². The van der Waals surface area contributed by atoms with Gasteiger partial charge in [-0.2, -0.15) is 0 Å². The van der Waals surface area contributed by atoms with Crippen LogP contribution in [-0.2, 0) is 28.4 Å². The summed E-state index contributed by atoms with van der Waals surface area (Å²) < 4.78 is 44.3. The highest BCUT2D eigenvalue weighted by Crippen LogP contribution is 2.37. The molecule has 2 atom stereocenters. The second-order valence-corrected chi connectivity index (χ2v) is 13.2. The van der Waals surface area contributed by atoms with E-state index in [1.807, 2.05) is 6.92 Å². The number of nitrogens with one attached hydrogen (secondary N) is 2. The van der Waals surface area contributed by atoms with Crippen molar-refractivity contribution in [2.24, 2.45) is 7.05 Å². The van der Waals surface area contributed by atoms with Gasteiger partial charge in [-0.3, -0.25) is 14.3 Å². The lowest BCUT2D eigenvalue weighted by Gasteiger charge is -2.22. The molecule has 0 aliphatic heterocycles. The van der Waals surface area contributed by atoms with E-state index in [0.29, 0.717) is 33.0 Å². The van der Waals surface area contributed by atoms with E-state index in [1.54, 1.807) is 44.4 Å². The van der Waals surface area contributed by atoms with Crippen molar-refractivity contribution < 1.29 is 17.8 Å². The first-order chi connectivity index (χ1) is 18.4. The van der Waals surface area contributed by atoms with Gasteiger partial charge >= 0.3 is 0 Å². The summed E-state index contributed by atoms with van der Waals surface area (Å²) in [6.45, 7) is 5.27. The first-order valence-corrected chi connectivity index (χ1v) is 16.1. The van der Waals surface area contributed by atoms with E-state index in [0.717, 1.165) is 12.8 Å². The Bertz CT molecular complexity index is 1510. The van der Waals surface area contributed by atoms with E-state index >= 15 is 0 Å². The lowest BCUT2D eigenvalue weighted by atomic mass is 9.90. The highest BCUT2D eigenvalue weighted by Gasteiger charge is 2.25. The number of hydrogen-bond acceptors (Lipinski definition) is 6. The predicted molar refractivity (Wildman–Crippen MR) is 160 cm³/mol. The van der Waals surface area contributed by atoms with Gasteiger partial charge in [0.25, 0.3) is 5.56 Å². The number of halogens is 2. The van der Waals surface area contributed by atoms with Crippen molar-refractivity contribution in [1.82, 2.24) is 9.29 Å². The maximum Gasteiger partial charge on any atom is 0.250 e. The molecule has 8 nitrogen and oxygen atoms in total. The summed E-state index contributed by atoms with van der Waals surface area (Å²) in [4.78, 5) is 26.4. The molecule has 3 aromatic rings. The average Bonchev–Trinajstić information content (AvgIpc) is 2.89. The van der Waals surface area contributed by atoms with Gasteiger partial charge in [0.2, 0.25) is 10.0 Å². The van der Waals surface area contributed by atoms with Crippen molar-refractivity contribution in [3.8, 4) is 11.1 Å². The molecule has 2 N–H and O–H groups in total. The Labute approximate surface area is 242 Å². The van der Waals surface area contributed by atoms with Gasteiger partial charge in [0.1, 0.15) is 5.75 Å². The van der Waals surface area contributed by atoms with Gasteiger partial charge in [-0.05, 0) is 67.8 Å². The zero-order valence-corrected chi connectivity index (χ0v) is 25.2. The van der Waals surface area contributed by atoms with Crippen LogP contribution in [0.5, 0.6) is 0 Å². The van der Waals surface area contributed by atoms with Crippen LogP contribution in [0, 0.1) is 0 Å². The summed E-state index contributed by atoms with van der Waals surface area (Å²) in [7, 11) is -2.12. The number of sulfonamides is 1. The minimum Gasteiger partial charge on any atom is -0.598 e. The maximum absolute atomic E-state index is 13.7. The Hall–Kier alpha value is -2.34. The summed E-state index contributed by atoms with van der Waals surface area (Å²) >= 11 is 11.1. The molecule has 0 spiro atoms. The fourth-order valence-electron chi connectivity index (χ4n) is 3.88. The van der Waals surface area contributed by atoms with Crippen LogP contribution in [0.4, 0.5) is 5.69 Å². The second kappa shape index (κ2) is 13.3. The van der Waals surface area contributed by atoms with Gasteiger partial charge in [0, 0.05) is 52.4 Å². The highest BCUT2D eigenvalue weighted by molar-refractivity contribution is 7.92. The van der Waals surface area contributed by atoms with Crippen molar-refractivity contribution in [1.29, 1.82) is 0 Å². The number of ketones is 1. The number of nitrogens with zero attached hydrogens (tertiary/aromatic N) is 1. The first kappa shape index (κ1) is 31.2. The fraction of sp³-hybridized carbons (Fsp3) is 0.333. The number of rotatable bonds is 12. The molecule has 39 heavy (non-hydrogen) atoms. The Morgan fingerprint density at radius 2 is 1.77 bits per heavy atom. The van der Waals surface area contributed by atoms with E-state index in [-0.39, 0.29) is 33.4 Å². The van der Waals surface area contributed by atoms with E-state index in [4.69, 9.17) is 23.2 Å². The second-order valence-electron chi connectivity index (χ2n) is 9.05. The minimum atomic E-state index is -3.69. The van der Waals surface area contributed by atoms with Gasteiger partial charge < -0.3 is 9.12 Å². The highest BCUT2D eigenvalue weighted by atomic mass is 35.5. The minimum absolute atomic E-state index is 0.0336. The van der Waals surface area contributed by atoms with Crippen LogP contribution in [0.1, 0.15) is 61.1 Å². The van der Waals surface area contributed by atoms with Crippen LogP contribution in [0.2, 0.25) is 10.0 Å². The van der Waals surface area contributed by atoms with Crippen LogP contribution in [0.15, 0.2) is 53.5 Å². The van der Waals surface area contributed by atoms with Crippen molar-refractivity contribution in [2.45, 2.75) is 39.7 Å². The van der Waals surface area contributed by atoms with Crippen LogP contribution in [0.25, 0.3) is 11.1 Å². The Morgan fingerprint density at radius 3 is 2.38 bits per heavy atom. The topological polar surface area (TPSA) is 120 Å². The SMILES string of the molecule is CCCC[S+]([O-])N[C@@H](C)c1cc(=O)n(C)cc1-c1cc(NS(=O)(=O)CC)c(Cl)cc1C(=O)c1ccc(Cl)cc1. The average molecular weight is 613 g/mol. The van der Waals surface area contributed by atoms with Crippen LogP contribution < -0.4 is 15.0 Å². The number of benzene rings is 2. The zero-order valence-electron chi connectivity index (χ0n) is 22.1. The molecule has 0 aliphatic rings. The molecular weight excluding hydrogens is 581 g/mol. The van der Waals surface area contributed by atoms with E-state index < -0.39 is 27.4 Å². The van der Waals surface area contributed by atoms with Crippen LogP contribution >= 0.6 is 23.2 Å². The standard InChI is InChI=1S/C27H31Cl2N3O5S2/c1-5-7-12-38(35)30-17(3)20-15-26(33)32(4)16-23(20)21-14-25(31-39(36,37)6-2)24(29)13-22(21)27(34)18-8-10-19(28)11-9-18/h8-11,13-17,30-31H,5-7,12H2,1-4H3/t17-,38?/m0/s1. The number of anilines is 1. The molecule has 0 amide bonds. The smallest absolute Gasteiger partial charge is 0.250 e. The van der Waals surface area contributed by atoms with E-state index in [9.17, 15) is 22.6 Å². The summed E-state index contributed by atoms with van der Waals surface area (Å²) in [5, 5.41) is 0.497. The largest absolute Gasteiger partial charge is 0.598 e.